The Labute approximate surface area is 190 Å². The zero-order valence-electron chi connectivity index (χ0n) is 18.1. The molecule has 2 aliphatic heterocycles. The number of alkyl halides is 3. The molecule has 0 atom stereocenters. The fourth-order valence-corrected chi connectivity index (χ4v) is 4.25. The number of rotatable bonds is 5. The predicted octanol–water partition coefficient (Wildman–Crippen LogP) is 4.37. The molecular weight excluding hydrogens is 438 g/mol. The number of amides is 1. The van der Waals surface area contributed by atoms with Crippen molar-refractivity contribution in [3.05, 3.63) is 59.4 Å². The van der Waals surface area contributed by atoms with Gasteiger partial charge in [0.05, 0.1) is 5.56 Å². The van der Waals surface area contributed by atoms with E-state index in [1.807, 2.05) is 4.90 Å². The molecule has 2 heterocycles. The molecule has 2 aromatic rings. The van der Waals surface area contributed by atoms with Crippen molar-refractivity contribution in [2.45, 2.75) is 44.0 Å². The van der Waals surface area contributed by atoms with Gasteiger partial charge in [-0.05, 0) is 68.4 Å². The van der Waals surface area contributed by atoms with Crippen LogP contribution in [-0.2, 0) is 6.18 Å². The van der Waals surface area contributed by atoms with Gasteiger partial charge in [-0.1, -0.05) is 0 Å². The maximum atomic E-state index is 14.6. The monoisotopic (exact) mass is 465 g/mol. The highest BCUT2D eigenvalue weighted by atomic mass is 19.4. The van der Waals surface area contributed by atoms with E-state index in [-0.39, 0.29) is 29.4 Å². The number of halogens is 4. The van der Waals surface area contributed by atoms with Crippen LogP contribution in [0.3, 0.4) is 0 Å². The molecule has 0 radical (unpaired) electrons. The Bertz CT molecular complexity index is 951. The molecule has 2 N–H and O–H groups in total. The van der Waals surface area contributed by atoms with Crippen LogP contribution in [0.2, 0.25) is 0 Å². The quantitative estimate of drug-likeness (QED) is 0.644. The van der Waals surface area contributed by atoms with Crippen molar-refractivity contribution < 1.29 is 27.1 Å². The van der Waals surface area contributed by atoms with Crippen LogP contribution in [0.4, 0.5) is 23.2 Å². The lowest BCUT2D eigenvalue weighted by atomic mass is 10.1. The van der Waals surface area contributed by atoms with Crippen LogP contribution < -0.4 is 20.3 Å². The molecule has 5 nitrogen and oxygen atoms in total. The summed E-state index contributed by atoms with van der Waals surface area (Å²) in [5.41, 5.74) is 0.306. The summed E-state index contributed by atoms with van der Waals surface area (Å²) >= 11 is 0. The summed E-state index contributed by atoms with van der Waals surface area (Å²) in [6, 6.07) is 9.43. The van der Waals surface area contributed by atoms with Crippen molar-refractivity contribution >= 4 is 11.6 Å². The molecular formula is C24H27F4N3O2. The van der Waals surface area contributed by atoms with Crippen LogP contribution >= 0.6 is 0 Å². The summed E-state index contributed by atoms with van der Waals surface area (Å²) in [4.78, 5) is 14.4. The highest BCUT2D eigenvalue weighted by Crippen LogP contribution is 2.31. The minimum atomic E-state index is -4.35. The largest absolute Gasteiger partial charge is 0.487 e. The third kappa shape index (κ3) is 5.96. The van der Waals surface area contributed by atoms with Crippen LogP contribution in [0.1, 0.15) is 41.6 Å². The van der Waals surface area contributed by atoms with Gasteiger partial charge in [0, 0.05) is 43.2 Å². The van der Waals surface area contributed by atoms with Gasteiger partial charge < -0.3 is 20.3 Å². The van der Waals surface area contributed by atoms with Crippen molar-refractivity contribution in [2.24, 2.45) is 0 Å². The Kier molecular flexibility index (Phi) is 7.07. The highest BCUT2D eigenvalue weighted by Gasteiger charge is 2.30. The Hall–Kier alpha value is -2.81. The SMILES string of the molecule is O=C(NC1CCNCC1)c1ccc(OC2CCN(c3ccc(C(F)(F)F)cc3)CC2)c(F)c1. The first-order chi connectivity index (χ1) is 15.8. The van der Waals surface area contributed by atoms with Gasteiger partial charge in [0.25, 0.3) is 5.91 Å². The Morgan fingerprint density at radius 1 is 1.00 bits per heavy atom. The topological polar surface area (TPSA) is 53.6 Å². The van der Waals surface area contributed by atoms with Crippen molar-refractivity contribution in [3.8, 4) is 5.75 Å². The number of ether oxygens (including phenoxy) is 1. The van der Waals surface area contributed by atoms with Crippen LogP contribution in [0.15, 0.2) is 42.5 Å². The number of anilines is 1. The Morgan fingerprint density at radius 3 is 2.27 bits per heavy atom. The first-order valence-electron chi connectivity index (χ1n) is 11.2. The summed E-state index contributed by atoms with van der Waals surface area (Å²) in [5.74, 6) is -0.781. The van der Waals surface area contributed by atoms with E-state index in [4.69, 9.17) is 4.74 Å². The zero-order chi connectivity index (χ0) is 23.4. The van der Waals surface area contributed by atoms with E-state index >= 15 is 0 Å². The van der Waals surface area contributed by atoms with Gasteiger partial charge in [-0.15, -0.1) is 0 Å². The molecule has 178 valence electrons. The number of nitrogens with zero attached hydrogens (tertiary/aromatic N) is 1. The summed E-state index contributed by atoms with van der Waals surface area (Å²) in [7, 11) is 0. The summed E-state index contributed by atoms with van der Waals surface area (Å²) < 4.78 is 58.7. The summed E-state index contributed by atoms with van der Waals surface area (Å²) in [5, 5.41) is 6.17. The minimum Gasteiger partial charge on any atom is -0.487 e. The number of nitrogens with one attached hydrogen (secondary N) is 2. The summed E-state index contributed by atoms with van der Waals surface area (Å²) in [6.07, 6.45) is -1.65. The zero-order valence-corrected chi connectivity index (χ0v) is 18.1. The first kappa shape index (κ1) is 23.4. The lowest BCUT2D eigenvalue weighted by molar-refractivity contribution is -0.137. The van der Waals surface area contributed by atoms with Gasteiger partial charge in [0.15, 0.2) is 11.6 Å². The Balaban J connectivity index is 1.29. The fourth-order valence-electron chi connectivity index (χ4n) is 4.25. The van der Waals surface area contributed by atoms with E-state index in [2.05, 4.69) is 10.6 Å². The highest BCUT2D eigenvalue weighted by molar-refractivity contribution is 5.94. The molecule has 2 saturated heterocycles. The molecule has 2 aromatic carbocycles. The molecule has 2 fully saturated rings. The molecule has 0 unspecified atom stereocenters. The van der Waals surface area contributed by atoms with Crippen molar-refractivity contribution in [1.82, 2.24) is 10.6 Å². The maximum absolute atomic E-state index is 14.6. The second-order valence-electron chi connectivity index (χ2n) is 8.49. The van der Waals surface area contributed by atoms with E-state index in [0.29, 0.717) is 25.9 Å². The van der Waals surface area contributed by atoms with Gasteiger partial charge in [0.1, 0.15) is 6.10 Å². The smallest absolute Gasteiger partial charge is 0.416 e. The van der Waals surface area contributed by atoms with E-state index in [1.165, 1.54) is 24.3 Å². The van der Waals surface area contributed by atoms with Crippen LogP contribution in [0.5, 0.6) is 5.75 Å². The Morgan fingerprint density at radius 2 is 1.67 bits per heavy atom. The molecule has 0 aliphatic carbocycles. The minimum absolute atomic E-state index is 0.0904. The molecule has 0 spiro atoms. The number of piperidine rings is 2. The fraction of sp³-hybridized carbons (Fsp3) is 0.458. The van der Waals surface area contributed by atoms with Crippen molar-refractivity contribution in [2.75, 3.05) is 31.1 Å². The number of carbonyl (C=O) groups is 1. The van der Waals surface area contributed by atoms with E-state index in [1.54, 1.807) is 6.07 Å². The third-order valence-electron chi connectivity index (χ3n) is 6.16. The average Bonchev–Trinajstić information content (AvgIpc) is 2.81. The van der Waals surface area contributed by atoms with Gasteiger partial charge in [-0.2, -0.15) is 13.2 Å². The maximum Gasteiger partial charge on any atom is 0.416 e. The number of carbonyl (C=O) groups excluding carboxylic acids is 1. The molecule has 33 heavy (non-hydrogen) atoms. The first-order valence-corrected chi connectivity index (χ1v) is 11.2. The molecule has 0 saturated carbocycles. The van der Waals surface area contributed by atoms with Crippen LogP contribution in [0.25, 0.3) is 0 Å². The molecule has 9 heteroatoms. The van der Waals surface area contributed by atoms with E-state index in [9.17, 15) is 22.4 Å². The summed E-state index contributed by atoms with van der Waals surface area (Å²) in [6.45, 7) is 2.89. The normalized spacial score (nSPS) is 18.2. The predicted molar refractivity (Wildman–Crippen MR) is 117 cm³/mol. The van der Waals surface area contributed by atoms with E-state index < -0.39 is 17.6 Å². The average molecular weight is 465 g/mol. The molecule has 0 bridgehead atoms. The van der Waals surface area contributed by atoms with Gasteiger partial charge in [-0.25, -0.2) is 4.39 Å². The molecule has 1 amide bonds. The van der Waals surface area contributed by atoms with Gasteiger partial charge in [-0.3, -0.25) is 4.79 Å². The third-order valence-corrected chi connectivity index (χ3v) is 6.16. The number of hydrogen-bond donors (Lipinski definition) is 2. The van der Waals surface area contributed by atoms with E-state index in [0.717, 1.165) is 43.8 Å². The standard InChI is InChI=1S/C24H27F4N3O2/c25-21-15-16(23(32)30-18-7-11-29-12-8-18)1-6-22(21)33-20-9-13-31(14-10-20)19-4-2-17(3-5-19)24(26,27)28/h1-6,15,18,20,29H,7-14H2,(H,30,32). The molecule has 2 aliphatic rings. The number of benzene rings is 2. The lowest BCUT2D eigenvalue weighted by Crippen LogP contribution is -2.42. The molecule has 4 rings (SSSR count). The second kappa shape index (κ2) is 9.99. The molecule has 0 aromatic heterocycles. The van der Waals surface area contributed by atoms with Gasteiger partial charge in [0.2, 0.25) is 0 Å². The van der Waals surface area contributed by atoms with Crippen LogP contribution in [0, 0.1) is 5.82 Å². The van der Waals surface area contributed by atoms with Crippen molar-refractivity contribution in [1.29, 1.82) is 0 Å². The lowest BCUT2D eigenvalue weighted by Gasteiger charge is -2.34. The van der Waals surface area contributed by atoms with Gasteiger partial charge >= 0.3 is 6.18 Å². The second-order valence-corrected chi connectivity index (χ2v) is 8.49. The number of hydrogen-bond acceptors (Lipinski definition) is 4. The van der Waals surface area contributed by atoms with Crippen molar-refractivity contribution in [3.63, 3.8) is 0 Å². The van der Waals surface area contributed by atoms with Crippen LogP contribution in [-0.4, -0.2) is 44.2 Å².